The summed E-state index contributed by atoms with van der Waals surface area (Å²) in [6.07, 6.45) is 0.570. The SMILES string of the molecule is Cc1nc(Cc2noc(Cl)n2)cs1. The lowest BCUT2D eigenvalue weighted by Crippen LogP contribution is -1.90. The van der Waals surface area contributed by atoms with Gasteiger partial charge >= 0.3 is 5.35 Å². The highest BCUT2D eigenvalue weighted by Gasteiger charge is 2.06. The number of hydrogen-bond acceptors (Lipinski definition) is 5. The first-order chi connectivity index (χ1) is 6.24. The molecule has 0 saturated heterocycles. The molecule has 0 radical (unpaired) electrons. The van der Waals surface area contributed by atoms with Crippen molar-refractivity contribution in [3.63, 3.8) is 0 Å². The van der Waals surface area contributed by atoms with Gasteiger partial charge in [-0.1, -0.05) is 5.16 Å². The Bertz CT molecular complexity index is 373. The summed E-state index contributed by atoms with van der Waals surface area (Å²) >= 11 is 7.07. The predicted molar refractivity (Wildman–Crippen MR) is 49.0 cm³/mol. The molecule has 0 unspecified atom stereocenters. The van der Waals surface area contributed by atoms with Gasteiger partial charge in [-0.05, 0) is 18.5 Å². The van der Waals surface area contributed by atoms with E-state index in [1.54, 1.807) is 11.3 Å². The number of nitrogens with zero attached hydrogens (tertiary/aromatic N) is 3. The molecule has 4 nitrogen and oxygen atoms in total. The molecule has 2 heterocycles. The molecular weight excluding hydrogens is 210 g/mol. The van der Waals surface area contributed by atoms with Gasteiger partial charge in [0.15, 0.2) is 5.82 Å². The number of thiazole rings is 1. The fraction of sp³-hybridized carbons (Fsp3) is 0.286. The van der Waals surface area contributed by atoms with Crippen LogP contribution in [0.25, 0.3) is 0 Å². The van der Waals surface area contributed by atoms with Crippen molar-refractivity contribution in [1.29, 1.82) is 0 Å². The Morgan fingerprint density at radius 1 is 1.54 bits per heavy atom. The van der Waals surface area contributed by atoms with Gasteiger partial charge in [0.1, 0.15) is 0 Å². The number of aromatic nitrogens is 3. The van der Waals surface area contributed by atoms with Gasteiger partial charge in [-0.25, -0.2) is 4.98 Å². The highest BCUT2D eigenvalue weighted by atomic mass is 35.5. The number of hydrogen-bond donors (Lipinski definition) is 0. The second kappa shape index (κ2) is 3.43. The summed E-state index contributed by atoms with van der Waals surface area (Å²) in [6.45, 7) is 1.96. The van der Waals surface area contributed by atoms with Crippen LogP contribution in [-0.2, 0) is 6.42 Å². The van der Waals surface area contributed by atoms with E-state index in [2.05, 4.69) is 19.6 Å². The zero-order valence-electron chi connectivity index (χ0n) is 6.82. The smallest absolute Gasteiger partial charge is 0.320 e. The van der Waals surface area contributed by atoms with Crippen LogP contribution >= 0.6 is 22.9 Å². The highest BCUT2D eigenvalue weighted by molar-refractivity contribution is 7.09. The summed E-state index contributed by atoms with van der Waals surface area (Å²) in [5, 5.41) is 6.74. The van der Waals surface area contributed by atoms with E-state index in [0.717, 1.165) is 10.7 Å². The molecular formula is C7H6ClN3OS. The van der Waals surface area contributed by atoms with Gasteiger partial charge in [0.2, 0.25) is 0 Å². The van der Waals surface area contributed by atoms with E-state index in [9.17, 15) is 0 Å². The zero-order chi connectivity index (χ0) is 9.26. The second-order valence-corrected chi connectivity index (χ2v) is 3.88. The molecule has 0 spiro atoms. The summed E-state index contributed by atoms with van der Waals surface area (Å²) in [5.74, 6) is 0.565. The van der Waals surface area contributed by atoms with Gasteiger partial charge in [0.25, 0.3) is 0 Å². The van der Waals surface area contributed by atoms with Gasteiger partial charge in [-0.3, -0.25) is 0 Å². The quantitative estimate of drug-likeness (QED) is 0.770. The van der Waals surface area contributed by atoms with E-state index < -0.39 is 0 Å². The number of aryl methyl sites for hydroxylation is 1. The molecule has 0 aliphatic rings. The van der Waals surface area contributed by atoms with E-state index in [4.69, 9.17) is 11.6 Å². The van der Waals surface area contributed by atoms with Crippen LogP contribution in [0.2, 0.25) is 5.35 Å². The Kier molecular flexibility index (Phi) is 2.28. The minimum atomic E-state index is 0.0713. The lowest BCUT2D eigenvalue weighted by molar-refractivity contribution is 0.413. The molecule has 2 aromatic heterocycles. The standard InChI is InChI=1S/C7H6ClN3OS/c1-4-9-5(3-13-4)2-6-10-7(8)12-11-6/h3H,2H2,1H3. The topological polar surface area (TPSA) is 51.8 Å². The molecule has 68 valence electrons. The van der Waals surface area contributed by atoms with Crippen LogP contribution in [0.15, 0.2) is 9.90 Å². The summed E-state index contributed by atoms with van der Waals surface area (Å²) in [7, 11) is 0. The summed E-state index contributed by atoms with van der Waals surface area (Å²) < 4.78 is 4.62. The van der Waals surface area contributed by atoms with E-state index in [-0.39, 0.29) is 5.35 Å². The molecule has 0 amide bonds. The van der Waals surface area contributed by atoms with Crippen molar-refractivity contribution in [2.24, 2.45) is 0 Å². The molecule has 2 aromatic rings. The average molecular weight is 216 g/mol. The fourth-order valence-electron chi connectivity index (χ4n) is 0.956. The molecule has 0 atom stereocenters. The van der Waals surface area contributed by atoms with Crippen molar-refractivity contribution in [3.05, 3.63) is 27.3 Å². The van der Waals surface area contributed by atoms with Crippen LogP contribution in [0.1, 0.15) is 16.5 Å². The summed E-state index contributed by atoms with van der Waals surface area (Å²) in [6, 6.07) is 0. The molecule has 0 aliphatic carbocycles. The molecule has 0 bridgehead atoms. The first kappa shape index (κ1) is 8.65. The molecule has 0 saturated carbocycles. The second-order valence-electron chi connectivity index (χ2n) is 2.50. The Labute approximate surface area is 83.6 Å². The van der Waals surface area contributed by atoms with Crippen molar-refractivity contribution >= 4 is 22.9 Å². The summed E-state index contributed by atoms with van der Waals surface area (Å²) in [5.41, 5.74) is 0.944. The van der Waals surface area contributed by atoms with E-state index in [1.807, 2.05) is 12.3 Å². The molecule has 0 aliphatic heterocycles. The highest BCUT2D eigenvalue weighted by Crippen LogP contribution is 2.12. The van der Waals surface area contributed by atoms with E-state index in [1.165, 1.54) is 0 Å². The van der Waals surface area contributed by atoms with Crippen molar-refractivity contribution in [2.45, 2.75) is 13.3 Å². The third-order valence-electron chi connectivity index (χ3n) is 1.45. The van der Waals surface area contributed by atoms with Crippen LogP contribution in [0.5, 0.6) is 0 Å². The van der Waals surface area contributed by atoms with Crippen molar-refractivity contribution in [3.8, 4) is 0 Å². The van der Waals surface area contributed by atoms with Gasteiger partial charge < -0.3 is 4.52 Å². The van der Waals surface area contributed by atoms with Crippen molar-refractivity contribution < 1.29 is 4.52 Å². The zero-order valence-corrected chi connectivity index (χ0v) is 8.39. The molecule has 0 N–H and O–H groups in total. The number of rotatable bonds is 2. The normalized spacial score (nSPS) is 10.6. The Hall–Kier alpha value is -0.940. The van der Waals surface area contributed by atoms with Crippen molar-refractivity contribution in [1.82, 2.24) is 15.1 Å². The van der Waals surface area contributed by atoms with Gasteiger partial charge in [0.05, 0.1) is 17.1 Å². The monoisotopic (exact) mass is 215 g/mol. The predicted octanol–water partition coefficient (Wildman–Crippen LogP) is 2.08. The van der Waals surface area contributed by atoms with E-state index >= 15 is 0 Å². The first-order valence-electron chi connectivity index (χ1n) is 3.63. The third-order valence-corrected chi connectivity index (χ3v) is 2.42. The third kappa shape index (κ3) is 2.05. The molecule has 0 fully saturated rings. The largest absolute Gasteiger partial charge is 0.321 e. The minimum Gasteiger partial charge on any atom is -0.321 e. The number of halogens is 1. The van der Waals surface area contributed by atoms with Gasteiger partial charge in [-0.15, -0.1) is 11.3 Å². The van der Waals surface area contributed by atoms with Crippen molar-refractivity contribution in [2.75, 3.05) is 0 Å². The maximum absolute atomic E-state index is 5.47. The maximum Gasteiger partial charge on any atom is 0.320 e. The van der Waals surface area contributed by atoms with Crippen LogP contribution in [0.3, 0.4) is 0 Å². The lowest BCUT2D eigenvalue weighted by atomic mass is 10.3. The maximum atomic E-state index is 5.47. The van der Waals surface area contributed by atoms with Gasteiger partial charge in [-0.2, -0.15) is 4.98 Å². The van der Waals surface area contributed by atoms with Gasteiger partial charge in [0, 0.05) is 5.38 Å². The lowest BCUT2D eigenvalue weighted by Gasteiger charge is -1.86. The first-order valence-corrected chi connectivity index (χ1v) is 4.89. The Morgan fingerprint density at radius 2 is 2.38 bits per heavy atom. The Balaban J connectivity index is 2.14. The van der Waals surface area contributed by atoms with E-state index in [0.29, 0.717) is 12.2 Å². The van der Waals surface area contributed by atoms with Crippen LogP contribution in [-0.4, -0.2) is 15.1 Å². The fourth-order valence-corrected chi connectivity index (χ4v) is 1.70. The summed E-state index contributed by atoms with van der Waals surface area (Å²) in [4.78, 5) is 8.14. The minimum absolute atomic E-state index is 0.0713. The molecule has 0 aromatic carbocycles. The Morgan fingerprint density at radius 3 is 2.92 bits per heavy atom. The molecule has 2 rings (SSSR count). The molecule has 13 heavy (non-hydrogen) atoms. The van der Waals surface area contributed by atoms with Crippen LogP contribution in [0.4, 0.5) is 0 Å². The average Bonchev–Trinajstić information content (AvgIpc) is 2.62. The van der Waals surface area contributed by atoms with Crippen LogP contribution in [0, 0.1) is 6.92 Å². The van der Waals surface area contributed by atoms with Crippen LogP contribution < -0.4 is 0 Å². The molecule has 6 heteroatoms.